The SMILES string of the molecule is CC[C@@]12CCC3(O1)C(C(=O)NC(C)(C)C)N([C@H](CO)c1ccccc1)C(=O)[C@@H]3[C@@H]2C(=O)Nc1ccccc1. The predicted octanol–water partition coefficient (Wildman–Crippen LogP) is 3.43. The number of aliphatic hydroxyl groups excluding tert-OH is 1. The molecule has 0 radical (unpaired) electrons. The van der Waals surface area contributed by atoms with Gasteiger partial charge < -0.3 is 25.4 Å². The first-order valence-electron chi connectivity index (χ1n) is 13.4. The summed E-state index contributed by atoms with van der Waals surface area (Å²) in [5, 5.41) is 16.6. The number of fused-ring (bicyclic) bond motifs is 1. The van der Waals surface area contributed by atoms with Crippen LogP contribution >= 0.6 is 0 Å². The Morgan fingerprint density at radius 1 is 1.05 bits per heavy atom. The number of hydrogen-bond donors (Lipinski definition) is 3. The van der Waals surface area contributed by atoms with Gasteiger partial charge in [-0.1, -0.05) is 55.5 Å². The van der Waals surface area contributed by atoms with Crippen LogP contribution in [0.15, 0.2) is 60.7 Å². The number of rotatable bonds is 7. The van der Waals surface area contributed by atoms with E-state index in [1.807, 2.05) is 76.2 Å². The zero-order valence-corrected chi connectivity index (χ0v) is 22.4. The zero-order chi connectivity index (χ0) is 27.3. The van der Waals surface area contributed by atoms with Crippen molar-refractivity contribution in [1.29, 1.82) is 0 Å². The van der Waals surface area contributed by atoms with E-state index in [0.717, 1.165) is 5.56 Å². The number of para-hydroxylation sites is 1. The third-order valence-corrected chi connectivity index (χ3v) is 8.38. The number of likely N-dealkylation sites (tertiary alicyclic amines) is 1. The number of hydrogen-bond acceptors (Lipinski definition) is 5. The van der Waals surface area contributed by atoms with E-state index < -0.39 is 40.7 Å². The molecule has 3 N–H and O–H groups in total. The average molecular weight is 520 g/mol. The molecule has 3 fully saturated rings. The van der Waals surface area contributed by atoms with Crippen molar-refractivity contribution in [2.24, 2.45) is 11.8 Å². The van der Waals surface area contributed by atoms with Crippen molar-refractivity contribution < 1.29 is 24.2 Å². The Morgan fingerprint density at radius 3 is 2.26 bits per heavy atom. The number of aliphatic hydroxyl groups is 1. The van der Waals surface area contributed by atoms with Crippen LogP contribution in [0.3, 0.4) is 0 Å². The summed E-state index contributed by atoms with van der Waals surface area (Å²) in [4.78, 5) is 43.8. The minimum Gasteiger partial charge on any atom is -0.394 e. The van der Waals surface area contributed by atoms with Gasteiger partial charge in [-0.2, -0.15) is 0 Å². The molecule has 2 unspecified atom stereocenters. The maximum Gasteiger partial charge on any atom is 0.246 e. The number of nitrogens with zero attached hydrogens (tertiary/aromatic N) is 1. The van der Waals surface area contributed by atoms with Gasteiger partial charge >= 0.3 is 0 Å². The molecule has 2 aromatic rings. The summed E-state index contributed by atoms with van der Waals surface area (Å²) < 4.78 is 6.81. The van der Waals surface area contributed by atoms with Crippen LogP contribution in [0.1, 0.15) is 58.6 Å². The fraction of sp³-hybridized carbons (Fsp3) is 0.500. The number of carbonyl (C=O) groups is 3. The summed E-state index contributed by atoms with van der Waals surface area (Å²) >= 11 is 0. The van der Waals surface area contributed by atoms with Gasteiger partial charge in [0.05, 0.1) is 30.1 Å². The Bertz CT molecular complexity index is 1210. The summed E-state index contributed by atoms with van der Waals surface area (Å²) in [7, 11) is 0. The number of amides is 3. The summed E-state index contributed by atoms with van der Waals surface area (Å²) in [5.74, 6) is -2.55. The van der Waals surface area contributed by atoms with E-state index in [9.17, 15) is 19.5 Å². The van der Waals surface area contributed by atoms with Crippen LogP contribution in [-0.4, -0.2) is 57.1 Å². The fourth-order valence-electron chi connectivity index (χ4n) is 6.90. The Kier molecular flexibility index (Phi) is 6.60. The van der Waals surface area contributed by atoms with Crippen molar-refractivity contribution >= 4 is 23.4 Å². The van der Waals surface area contributed by atoms with Gasteiger partial charge in [0.15, 0.2) is 0 Å². The highest BCUT2D eigenvalue weighted by atomic mass is 16.5. The highest BCUT2D eigenvalue weighted by Crippen LogP contribution is 2.65. The van der Waals surface area contributed by atoms with Crippen LogP contribution in [-0.2, 0) is 19.1 Å². The average Bonchev–Trinajstić information content (AvgIpc) is 3.49. The molecule has 3 saturated heterocycles. The van der Waals surface area contributed by atoms with Crippen molar-refractivity contribution in [3.63, 3.8) is 0 Å². The molecule has 2 bridgehead atoms. The van der Waals surface area contributed by atoms with Crippen LogP contribution < -0.4 is 10.6 Å². The monoisotopic (exact) mass is 519 g/mol. The molecule has 0 aliphatic carbocycles. The smallest absolute Gasteiger partial charge is 0.246 e. The van der Waals surface area contributed by atoms with E-state index in [1.54, 1.807) is 12.1 Å². The maximum atomic E-state index is 14.4. The molecule has 1 spiro atoms. The topological polar surface area (TPSA) is 108 Å². The number of ether oxygens (including phenoxy) is 1. The van der Waals surface area contributed by atoms with Gasteiger partial charge in [0, 0.05) is 11.2 Å². The lowest BCUT2D eigenvalue weighted by Crippen LogP contribution is -2.59. The molecule has 2 aromatic carbocycles. The molecule has 3 aliphatic rings. The van der Waals surface area contributed by atoms with Gasteiger partial charge in [-0.3, -0.25) is 14.4 Å². The van der Waals surface area contributed by atoms with Gasteiger partial charge in [-0.15, -0.1) is 0 Å². The molecule has 8 nitrogen and oxygen atoms in total. The first-order chi connectivity index (χ1) is 18.1. The molecule has 3 aliphatic heterocycles. The van der Waals surface area contributed by atoms with Gasteiger partial charge in [0.1, 0.15) is 11.6 Å². The van der Waals surface area contributed by atoms with Crippen LogP contribution in [0, 0.1) is 11.8 Å². The first kappa shape index (κ1) is 26.4. The third kappa shape index (κ3) is 4.10. The van der Waals surface area contributed by atoms with Crippen LogP contribution in [0.5, 0.6) is 0 Å². The van der Waals surface area contributed by atoms with E-state index in [-0.39, 0.29) is 24.3 Å². The molecule has 6 atom stereocenters. The summed E-state index contributed by atoms with van der Waals surface area (Å²) in [5.41, 5.74) is -1.19. The second kappa shape index (κ2) is 9.50. The Labute approximate surface area is 223 Å². The van der Waals surface area contributed by atoms with E-state index in [4.69, 9.17) is 4.74 Å². The summed E-state index contributed by atoms with van der Waals surface area (Å²) in [6, 6.07) is 16.6. The molecule has 0 saturated carbocycles. The minimum absolute atomic E-state index is 0.282. The lowest BCUT2D eigenvalue weighted by molar-refractivity contribution is -0.151. The third-order valence-electron chi connectivity index (χ3n) is 8.38. The zero-order valence-electron chi connectivity index (χ0n) is 22.4. The van der Waals surface area contributed by atoms with Crippen LogP contribution in [0.2, 0.25) is 0 Å². The number of nitrogens with one attached hydrogen (secondary N) is 2. The van der Waals surface area contributed by atoms with Crippen molar-refractivity contribution in [3.05, 3.63) is 66.2 Å². The lowest BCUT2D eigenvalue weighted by Gasteiger charge is -2.38. The Balaban J connectivity index is 1.61. The molecular formula is C30H37N3O5. The van der Waals surface area contributed by atoms with Crippen LogP contribution in [0.25, 0.3) is 0 Å². The number of benzene rings is 2. The van der Waals surface area contributed by atoms with Crippen molar-refractivity contribution in [2.75, 3.05) is 11.9 Å². The van der Waals surface area contributed by atoms with Gasteiger partial charge in [0.2, 0.25) is 17.7 Å². The van der Waals surface area contributed by atoms with E-state index >= 15 is 0 Å². The highest BCUT2D eigenvalue weighted by Gasteiger charge is 2.79. The number of anilines is 1. The molecule has 202 valence electrons. The highest BCUT2D eigenvalue weighted by molar-refractivity contribution is 6.02. The summed E-state index contributed by atoms with van der Waals surface area (Å²) in [6.45, 7) is 7.27. The molecule has 38 heavy (non-hydrogen) atoms. The normalized spacial score (nSPS) is 30.7. The molecule has 3 amide bonds. The largest absolute Gasteiger partial charge is 0.394 e. The molecule has 3 heterocycles. The standard InChI is InChI=1S/C30H37N3O5/c1-5-29-16-17-30(38-29)23(22(29)25(35)31-20-14-10-7-11-15-20)27(37)33(24(30)26(36)32-28(2,3)4)21(18-34)19-12-8-6-9-13-19/h6-15,21-24,34H,5,16-18H2,1-4H3,(H,31,35)(H,32,36)/t21-,22-,23+,24?,29+,30?/m1/s1. The minimum atomic E-state index is -1.16. The van der Waals surface area contributed by atoms with Gasteiger partial charge in [-0.25, -0.2) is 0 Å². The van der Waals surface area contributed by atoms with Crippen LogP contribution in [0.4, 0.5) is 5.69 Å². The molecule has 0 aromatic heterocycles. The van der Waals surface area contributed by atoms with Crippen molar-refractivity contribution in [2.45, 2.75) is 75.8 Å². The molecule has 5 rings (SSSR count). The lowest BCUT2D eigenvalue weighted by atomic mass is 9.65. The first-order valence-corrected chi connectivity index (χ1v) is 13.4. The van der Waals surface area contributed by atoms with Crippen molar-refractivity contribution in [1.82, 2.24) is 10.2 Å². The van der Waals surface area contributed by atoms with Gasteiger partial charge in [0.25, 0.3) is 0 Å². The Hall–Kier alpha value is -3.23. The second-order valence-corrected chi connectivity index (χ2v) is 11.8. The van der Waals surface area contributed by atoms with E-state index in [2.05, 4.69) is 10.6 Å². The number of carbonyl (C=O) groups excluding carboxylic acids is 3. The summed E-state index contributed by atoms with van der Waals surface area (Å²) in [6.07, 6.45) is 1.60. The maximum absolute atomic E-state index is 14.4. The van der Waals surface area contributed by atoms with Crippen molar-refractivity contribution in [3.8, 4) is 0 Å². The quantitative estimate of drug-likeness (QED) is 0.520. The molecular weight excluding hydrogens is 482 g/mol. The molecule has 8 heteroatoms. The Morgan fingerprint density at radius 2 is 1.68 bits per heavy atom. The van der Waals surface area contributed by atoms with E-state index in [1.165, 1.54) is 4.90 Å². The predicted molar refractivity (Wildman–Crippen MR) is 143 cm³/mol. The second-order valence-electron chi connectivity index (χ2n) is 11.8. The van der Waals surface area contributed by atoms with E-state index in [0.29, 0.717) is 24.9 Å². The fourth-order valence-corrected chi connectivity index (χ4v) is 6.90. The van der Waals surface area contributed by atoms with Gasteiger partial charge in [-0.05, 0) is 57.7 Å².